The topological polar surface area (TPSA) is 88.2 Å². The maximum Gasteiger partial charge on any atom is 0.185 e. The van der Waals surface area contributed by atoms with Crippen molar-refractivity contribution in [1.29, 1.82) is 0 Å². The second-order valence-electron chi connectivity index (χ2n) is 6.83. The molecule has 0 amide bonds. The number of hydrogen-bond donors (Lipinski definition) is 2. The van der Waals surface area contributed by atoms with Gasteiger partial charge in [0.25, 0.3) is 0 Å². The van der Waals surface area contributed by atoms with Crippen molar-refractivity contribution in [3.63, 3.8) is 0 Å². The number of aliphatic hydroxyl groups is 1. The van der Waals surface area contributed by atoms with Gasteiger partial charge in [-0.3, -0.25) is 4.79 Å². The zero-order valence-corrected chi connectivity index (χ0v) is 17.7. The molecular formula is C23H17Cl2N3O3. The highest BCUT2D eigenvalue weighted by Gasteiger charge is 2.15. The summed E-state index contributed by atoms with van der Waals surface area (Å²) >= 11 is 12.1. The largest absolute Gasteiger partial charge is 0.505 e. The van der Waals surface area contributed by atoms with Gasteiger partial charge in [0.2, 0.25) is 0 Å². The Morgan fingerprint density at radius 2 is 1.65 bits per heavy atom. The first-order valence-corrected chi connectivity index (χ1v) is 10.2. The lowest BCUT2D eigenvalue weighted by Crippen LogP contribution is -2.03. The van der Waals surface area contributed by atoms with Crippen LogP contribution in [0.25, 0.3) is 22.8 Å². The first kappa shape index (κ1) is 21.1. The number of fused-ring (bicyclic) bond motifs is 1. The number of rotatable bonds is 6. The molecule has 0 bridgehead atoms. The molecule has 0 atom stereocenters. The second-order valence-corrected chi connectivity index (χ2v) is 7.65. The summed E-state index contributed by atoms with van der Waals surface area (Å²) in [6.07, 6.45) is 3.29. The van der Waals surface area contributed by atoms with E-state index in [0.29, 0.717) is 44.3 Å². The Balaban J connectivity index is 1.77. The van der Waals surface area contributed by atoms with Crippen molar-refractivity contribution in [2.24, 2.45) is 0 Å². The minimum Gasteiger partial charge on any atom is -0.505 e. The molecule has 31 heavy (non-hydrogen) atoms. The van der Waals surface area contributed by atoms with Crippen molar-refractivity contribution in [3.8, 4) is 11.4 Å². The van der Waals surface area contributed by atoms with Crippen LogP contribution in [0, 0.1) is 0 Å². The molecule has 0 saturated carbocycles. The van der Waals surface area contributed by atoms with Crippen LogP contribution in [0.5, 0.6) is 5.75 Å². The summed E-state index contributed by atoms with van der Waals surface area (Å²) in [5, 5.41) is 29.7. The fraction of sp³-hybridized carbons (Fsp3) is 0.0870. The number of carbonyl (C=O) groups is 1. The van der Waals surface area contributed by atoms with Gasteiger partial charge in [-0.15, -0.1) is 15.0 Å². The van der Waals surface area contributed by atoms with Crippen LogP contribution in [-0.2, 0) is 6.42 Å². The average molecular weight is 454 g/mol. The van der Waals surface area contributed by atoms with Crippen LogP contribution < -0.4 is 0 Å². The van der Waals surface area contributed by atoms with Crippen molar-refractivity contribution in [1.82, 2.24) is 15.0 Å². The number of aliphatic hydroxyl groups excluding tert-OH is 1. The van der Waals surface area contributed by atoms with Crippen molar-refractivity contribution in [2.75, 3.05) is 6.61 Å². The third-order valence-electron chi connectivity index (χ3n) is 4.69. The predicted molar refractivity (Wildman–Crippen MR) is 121 cm³/mol. The van der Waals surface area contributed by atoms with Crippen molar-refractivity contribution in [2.45, 2.75) is 6.42 Å². The van der Waals surface area contributed by atoms with E-state index in [2.05, 4.69) is 10.2 Å². The monoisotopic (exact) mass is 453 g/mol. The smallest absolute Gasteiger partial charge is 0.185 e. The number of aromatic hydroxyl groups is 1. The van der Waals surface area contributed by atoms with Gasteiger partial charge < -0.3 is 10.2 Å². The van der Waals surface area contributed by atoms with Crippen LogP contribution in [0.3, 0.4) is 0 Å². The molecule has 1 heterocycles. The lowest BCUT2D eigenvalue weighted by Gasteiger charge is -2.10. The molecule has 0 unspecified atom stereocenters. The van der Waals surface area contributed by atoms with Gasteiger partial charge in [-0.25, -0.2) is 0 Å². The van der Waals surface area contributed by atoms with Crippen LogP contribution in [0.1, 0.15) is 21.5 Å². The highest BCUT2D eigenvalue weighted by molar-refractivity contribution is 6.42. The third kappa shape index (κ3) is 4.46. The van der Waals surface area contributed by atoms with Crippen molar-refractivity contribution < 1.29 is 15.0 Å². The maximum atomic E-state index is 12.4. The van der Waals surface area contributed by atoms with Crippen LogP contribution in [0.2, 0.25) is 10.0 Å². The van der Waals surface area contributed by atoms with Gasteiger partial charge in [0.15, 0.2) is 5.78 Å². The second kappa shape index (κ2) is 8.89. The first-order chi connectivity index (χ1) is 15.0. The van der Waals surface area contributed by atoms with Gasteiger partial charge in [0, 0.05) is 17.7 Å². The molecule has 2 N–H and O–H groups in total. The quantitative estimate of drug-likeness (QED) is 0.321. The number of phenolic OH excluding ortho intramolecular Hbond substituents is 1. The molecule has 156 valence electrons. The van der Waals surface area contributed by atoms with E-state index in [1.54, 1.807) is 48.5 Å². The van der Waals surface area contributed by atoms with E-state index in [0.717, 1.165) is 5.56 Å². The predicted octanol–water partition coefficient (Wildman–Crippen LogP) is 4.86. The van der Waals surface area contributed by atoms with E-state index in [9.17, 15) is 15.0 Å². The molecule has 4 rings (SSSR count). The highest BCUT2D eigenvalue weighted by Crippen LogP contribution is 2.31. The Kier molecular flexibility index (Phi) is 6.04. The lowest BCUT2D eigenvalue weighted by atomic mass is 10.0. The Labute approximate surface area is 188 Å². The van der Waals surface area contributed by atoms with Crippen LogP contribution in [0.15, 0.2) is 60.7 Å². The van der Waals surface area contributed by atoms with Gasteiger partial charge in [-0.2, -0.15) is 0 Å². The van der Waals surface area contributed by atoms with Gasteiger partial charge in [-0.05, 0) is 48.4 Å². The van der Waals surface area contributed by atoms with E-state index < -0.39 is 0 Å². The number of halogens is 2. The summed E-state index contributed by atoms with van der Waals surface area (Å²) < 4.78 is 0. The van der Waals surface area contributed by atoms with E-state index in [4.69, 9.17) is 23.2 Å². The van der Waals surface area contributed by atoms with Gasteiger partial charge in [0.05, 0.1) is 10.0 Å². The summed E-state index contributed by atoms with van der Waals surface area (Å²) in [6, 6.07) is 15.4. The molecule has 0 saturated heterocycles. The number of hydrogen-bond acceptors (Lipinski definition) is 5. The molecular weight excluding hydrogens is 437 g/mol. The maximum absolute atomic E-state index is 12.4. The zero-order chi connectivity index (χ0) is 22.0. The van der Waals surface area contributed by atoms with E-state index in [1.165, 1.54) is 16.9 Å². The molecule has 0 aliphatic rings. The number of phenols is 1. The number of carbonyl (C=O) groups excluding carboxylic acids is 1. The molecule has 0 radical (unpaired) electrons. The fourth-order valence-corrected chi connectivity index (χ4v) is 3.45. The molecule has 1 aromatic heterocycles. The minimum absolute atomic E-state index is 0.0734. The van der Waals surface area contributed by atoms with Gasteiger partial charge in [0.1, 0.15) is 22.5 Å². The Bertz CT molecular complexity index is 1260. The van der Waals surface area contributed by atoms with E-state index in [-0.39, 0.29) is 18.1 Å². The average Bonchev–Trinajstić information content (AvgIpc) is 3.17. The van der Waals surface area contributed by atoms with E-state index >= 15 is 0 Å². The summed E-state index contributed by atoms with van der Waals surface area (Å²) in [5.74, 6) is -0.294. The fourth-order valence-electron chi connectivity index (χ4n) is 3.14. The van der Waals surface area contributed by atoms with Crippen LogP contribution in [0.4, 0.5) is 0 Å². The molecule has 3 aromatic carbocycles. The molecule has 0 aliphatic heterocycles. The SMILES string of the molecule is O=C(C=Cc1cc(CCO)cc(-n2nc3cc(Cl)c(Cl)cc3n2)c1O)c1ccccc1. The summed E-state index contributed by atoms with van der Waals surface area (Å²) in [6.45, 7) is -0.0734. The highest BCUT2D eigenvalue weighted by atomic mass is 35.5. The normalized spacial score (nSPS) is 11.5. The first-order valence-electron chi connectivity index (χ1n) is 9.43. The van der Waals surface area contributed by atoms with Crippen molar-refractivity contribution in [3.05, 3.63) is 87.4 Å². The Hall–Kier alpha value is -3.19. The molecule has 0 fully saturated rings. The van der Waals surface area contributed by atoms with Gasteiger partial charge >= 0.3 is 0 Å². The number of benzene rings is 3. The van der Waals surface area contributed by atoms with Crippen LogP contribution >= 0.6 is 23.2 Å². The number of allylic oxidation sites excluding steroid dienone is 1. The number of nitrogens with zero attached hydrogens (tertiary/aromatic N) is 3. The summed E-state index contributed by atoms with van der Waals surface area (Å²) in [4.78, 5) is 13.7. The van der Waals surface area contributed by atoms with E-state index in [1.807, 2.05) is 6.07 Å². The number of ketones is 1. The Morgan fingerprint density at radius 1 is 1.00 bits per heavy atom. The molecule has 0 aliphatic carbocycles. The number of aromatic nitrogens is 3. The zero-order valence-electron chi connectivity index (χ0n) is 16.2. The van der Waals surface area contributed by atoms with Crippen molar-refractivity contribution >= 4 is 46.1 Å². The lowest BCUT2D eigenvalue weighted by molar-refractivity contribution is 0.104. The third-order valence-corrected chi connectivity index (χ3v) is 5.41. The van der Waals surface area contributed by atoms with Crippen LogP contribution in [-0.4, -0.2) is 37.6 Å². The van der Waals surface area contributed by atoms with Gasteiger partial charge in [-0.1, -0.05) is 53.5 Å². The minimum atomic E-state index is -0.193. The Morgan fingerprint density at radius 3 is 2.26 bits per heavy atom. The summed E-state index contributed by atoms with van der Waals surface area (Å²) in [5.41, 5.74) is 3.03. The molecule has 6 nitrogen and oxygen atoms in total. The molecule has 4 aromatic rings. The standard InChI is InChI=1S/C23H17Cl2N3O3/c24-17-12-19-20(13-18(17)25)27-28(26-19)21-11-14(8-9-29)10-16(23(21)31)6-7-22(30)15-4-2-1-3-5-15/h1-7,10-13,29,31H,8-9H2. The summed E-state index contributed by atoms with van der Waals surface area (Å²) in [7, 11) is 0. The molecule has 8 heteroatoms. The molecule has 0 spiro atoms.